The molecule has 6 heteroatoms. The van der Waals surface area contributed by atoms with Crippen LogP contribution in [0.3, 0.4) is 0 Å². The molecule has 1 saturated carbocycles. The lowest BCUT2D eigenvalue weighted by Gasteiger charge is -2.18. The van der Waals surface area contributed by atoms with Gasteiger partial charge in [0.05, 0.1) is 18.4 Å². The lowest BCUT2D eigenvalue weighted by atomic mass is 9.96. The molecule has 2 aromatic carbocycles. The summed E-state index contributed by atoms with van der Waals surface area (Å²) in [5.41, 5.74) is 3.82. The van der Waals surface area contributed by atoms with Crippen molar-refractivity contribution in [3.8, 4) is 11.3 Å². The number of rotatable bonds is 6. The Hall–Kier alpha value is -2.35. The van der Waals surface area contributed by atoms with Gasteiger partial charge in [0.1, 0.15) is 5.82 Å². The van der Waals surface area contributed by atoms with E-state index in [1.165, 1.54) is 18.4 Å². The topological polar surface area (TPSA) is 65.1 Å². The normalized spacial score (nSPS) is 14.8. The number of hydrogen-bond acceptors (Lipinski definition) is 2. The van der Waals surface area contributed by atoms with E-state index in [4.69, 9.17) is 0 Å². The first-order valence-electron chi connectivity index (χ1n) is 9.38. The van der Waals surface area contributed by atoms with Crippen molar-refractivity contribution in [1.82, 2.24) is 20.6 Å². The van der Waals surface area contributed by atoms with Crippen LogP contribution in [-0.4, -0.2) is 29.5 Å². The number of halogens is 1. The molecule has 0 atom stereocenters. The van der Waals surface area contributed by atoms with E-state index in [2.05, 4.69) is 68.1 Å². The maximum absolute atomic E-state index is 4.47. The first kappa shape index (κ1) is 20.4. The molecule has 0 amide bonds. The number of nitrogens with one attached hydrogen (secondary N) is 3. The fourth-order valence-electron chi connectivity index (χ4n) is 3.37. The minimum absolute atomic E-state index is 0. The van der Waals surface area contributed by atoms with Gasteiger partial charge in [0.2, 0.25) is 0 Å². The quantitative estimate of drug-likeness (QED) is 0.279. The summed E-state index contributed by atoms with van der Waals surface area (Å²) in [6.45, 7) is 1.49. The van der Waals surface area contributed by atoms with Crippen LogP contribution in [0.15, 0.2) is 71.9 Å². The highest BCUT2D eigenvalue weighted by Crippen LogP contribution is 2.47. The zero-order chi connectivity index (χ0) is 18.5. The van der Waals surface area contributed by atoms with Crippen molar-refractivity contribution in [2.75, 3.05) is 13.6 Å². The highest BCUT2D eigenvalue weighted by Gasteiger charge is 2.43. The molecule has 3 N–H and O–H groups in total. The summed E-state index contributed by atoms with van der Waals surface area (Å²) < 4.78 is 0. The number of aromatic nitrogens is 2. The maximum Gasteiger partial charge on any atom is 0.191 e. The van der Waals surface area contributed by atoms with Gasteiger partial charge in [-0.1, -0.05) is 60.7 Å². The van der Waals surface area contributed by atoms with Crippen molar-refractivity contribution in [3.05, 3.63) is 78.2 Å². The minimum Gasteiger partial charge on any atom is -0.356 e. The van der Waals surface area contributed by atoms with Crippen molar-refractivity contribution < 1.29 is 0 Å². The fourth-order valence-corrected chi connectivity index (χ4v) is 3.37. The average Bonchev–Trinajstić information content (AvgIpc) is 3.38. The van der Waals surface area contributed by atoms with Crippen molar-refractivity contribution >= 4 is 29.9 Å². The van der Waals surface area contributed by atoms with E-state index in [0.29, 0.717) is 6.54 Å². The van der Waals surface area contributed by atoms with Crippen LogP contribution in [0.2, 0.25) is 0 Å². The van der Waals surface area contributed by atoms with Crippen LogP contribution in [0.1, 0.15) is 24.2 Å². The van der Waals surface area contributed by atoms with Gasteiger partial charge in [0, 0.05) is 19.0 Å². The van der Waals surface area contributed by atoms with E-state index in [0.717, 1.165) is 29.6 Å². The first-order valence-corrected chi connectivity index (χ1v) is 9.38. The molecular formula is C22H26IN5. The summed E-state index contributed by atoms with van der Waals surface area (Å²) in [4.78, 5) is 12.2. The van der Waals surface area contributed by atoms with E-state index in [1.54, 1.807) is 7.05 Å². The molecule has 1 fully saturated rings. The Labute approximate surface area is 183 Å². The summed E-state index contributed by atoms with van der Waals surface area (Å²) in [5.74, 6) is 1.69. The Bertz CT molecular complexity index is 901. The third-order valence-corrected chi connectivity index (χ3v) is 5.19. The zero-order valence-electron chi connectivity index (χ0n) is 16.0. The minimum atomic E-state index is 0. The number of aliphatic imine (C=N–C) groups is 1. The molecule has 1 aliphatic carbocycles. The van der Waals surface area contributed by atoms with E-state index >= 15 is 0 Å². The molecule has 3 aromatic rings. The molecule has 1 aliphatic rings. The molecule has 1 aromatic heterocycles. The van der Waals surface area contributed by atoms with Crippen LogP contribution < -0.4 is 10.6 Å². The fraction of sp³-hybridized carbons (Fsp3) is 0.273. The Kier molecular flexibility index (Phi) is 6.72. The molecule has 28 heavy (non-hydrogen) atoms. The molecule has 4 rings (SSSR count). The second-order valence-corrected chi connectivity index (χ2v) is 7.04. The van der Waals surface area contributed by atoms with Crippen LogP contribution in [-0.2, 0) is 12.0 Å². The largest absolute Gasteiger partial charge is 0.356 e. The zero-order valence-corrected chi connectivity index (χ0v) is 18.3. The van der Waals surface area contributed by atoms with Crippen LogP contribution >= 0.6 is 24.0 Å². The molecule has 0 spiro atoms. The number of H-pyrrole nitrogens is 1. The monoisotopic (exact) mass is 487 g/mol. The number of guanidine groups is 1. The number of aromatic amines is 1. The van der Waals surface area contributed by atoms with Crippen molar-refractivity contribution in [2.45, 2.75) is 24.8 Å². The van der Waals surface area contributed by atoms with E-state index in [1.807, 2.05) is 24.4 Å². The molecule has 0 bridgehead atoms. The number of nitrogens with zero attached hydrogens (tertiary/aromatic N) is 2. The van der Waals surface area contributed by atoms with Gasteiger partial charge in [-0.05, 0) is 24.0 Å². The van der Waals surface area contributed by atoms with Crippen molar-refractivity contribution in [3.63, 3.8) is 0 Å². The number of hydrogen-bond donors (Lipinski definition) is 3. The molecule has 0 saturated heterocycles. The Morgan fingerprint density at radius 3 is 2.36 bits per heavy atom. The molecule has 0 radical (unpaired) electrons. The van der Waals surface area contributed by atoms with E-state index in [-0.39, 0.29) is 29.4 Å². The van der Waals surface area contributed by atoms with Crippen LogP contribution in [0.25, 0.3) is 11.3 Å². The summed E-state index contributed by atoms with van der Waals surface area (Å²) in [7, 11) is 1.80. The summed E-state index contributed by atoms with van der Waals surface area (Å²) in [5, 5.41) is 6.82. The predicted octanol–water partition coefficient (Wildman–Crippen LogP) is 4.09. The van der Waals surface area contributed by atoms with Crippen LogP contribution in [0, 0.1) is 0 Å². The predicted molar refractivity (Wildman–Crippen MR) is 125 cm³/mol. The van der Waals surface area contributed by atoms with Gasteiger partial charge in [-0.15, -0.1) is 24.0 Å². The Balaban J connectivity index is 0.00000225. The van der Waals surface area contributed by atoms with Gasteiger partial charge in [-0.25, -0.2) is 4.98 Å². The highest BCUT2D eigenvalue weighted by atomic mass is 127. The molecule has 5 nitrogen and oxygen atoms in total. The lowest BCUT2D eigenvalue weighted by molar-refractivity contribution is 0.644. The molecule has 0 aliphatic heterocycles. The summed E-state index contributed by atoms with van der Waals surface area (Å²) >= 11 is 0. The van der Waals surface area contributed by atoms with Gasteiger partial charge >= 0.3 is 0 Å². The van der Waals surface area contributed by atoms with E-state index < -0.39 is 0 Å². The summed E-state index contributed by atoms with van der Waals surface area (Å²) in [6, 6.07) is 21.0. The van der Waals surface area contributed by atoms with Crippen molar-refractivity contribution in [1.29, 1.82) is 0 Å². The third kappa shape index (κ3) is 4.73. The third-order valence-electron chi connectivity index (χ3n) is 5.19. The second kappa shape index (κ2) is 9.23. The molecule has 1 heterocycles. The van der Waals surface area contributed by atoms with Gasteiger partial charge in [-0.2, -0.15) is 0 Å². The lowest BCUT2D eigenvalue weighted by Crippen LogP contribution is -2.41. The van der Waals surface area contributed by atoms with Gasteiger partial charge in [0.25, 0.3) is 0 Å². The highest BCUT2D eigenvalue weighted by molar-refractivity contribution is 14.0. The van der Waals surface area contributed by atoms with Gasteiger partial charge < -0.3 is 15.6 Å². The second-order valence-electron chi connectivity index (χ2n) is 7.04. The molecular weight excluding hydrogens is 461 g/mol. The van der Waals surface area contributed by atoms with Crippen molar-refractivity contribution in [2.24, 2.45) is 4.99 Å². The molecule has 146 valence electrons. The summed E-state index contributed by atoms with van der Waals surface area (Å²) in [6.07, 6.45) is 4.32. The smallest absolute Gasteiger partial charge is 0.191 e. The average molecular weight is 487 g/mol. The SMILES string of the molecule is CN=C(NCc1ncc(-c2ccccc2)[nH]1)NCC1(c2ccccc2)CC1.I. The molecule has 0 unspecified atom stereocenters. The number of imidazole rings is 1. The van der Waals surface area contributed by atoms with Crippen LogP contribution in [0.4, 0.5) is 0 Å². The number of benzene rings is 2. The Morgan fingerprint density at radius 1 is 1.04 bits per heavy atom. The maximum atomic E-state index is 4.47. The standard InChI is InChI=1S/C22H25N5.HI/c1-23-21(26-16-22(12-13-22)18-10-6-3-7-11-18)25-15-20-24-14-19(27-20)17-8-4-2-5-9-17;/h2-11,14H,12-13,15-16H2,1H3,(H,24,27)(H2,23,25,26);1H. The van der Waals surface area contributed by atoms with Gasteiger partial charge in [-0.3, -0.25) is 4.99 Å². The Morgan fingerprint density at radius 2 is 1.71 bits per heavy atom. The van der Waals surface area contributed by atoms with Crippen LogP contribution in [0.5, 0.6) is 0 Å². The van der Waals surface area contributed by atoms with Gasteiger partial charge in [0.15, 0.2) is 5.96 Å². The first-order chi connectivity index (χ1) is 13.3. The van der Waals surface area contributed by atoms with E-state index in [9.17, 15) is 0 Å².